The van der Waals surface area contributed by atoms with E-state index in [2.05, 4.69) is 0 Å². The van der Waals surface area contributed by atoms with Gasteiger partial charge in [0.2, 0.25) is 0 Å². The fourth-order valence-electron chi connectivity index (χ4n) is 2.43. The Hall–Kier alpha value is -2.37. The standard InChI is InChI=1S/C17H20N2O3/c18-17-6-5-14(19(7-9-20)8-10-21)11-16(17)15-4-2-1-3-13(15)12-22/h1-6,11-12,20-21H,7-10,18H2. The summed E-state index contributed by atoms with van der Waals surface area (Å²) in [6, 6.07) is 12.7. The fourth-order valence-corrected chi connectivity index (χ4v) is 2.43. The van der Waals surface area contributed by atoms with Crippen molar-refractivity contribution < 1.29 is 15.0 Å². The quantitative estimate of drug-likeness (QED) is 0.533. The summed E-state index contributed by atoms with van der Waals surface area (Å²) in [5.41, 5.74) is 9.58. The Bertz CT molecular complexity index is 638. The van der Waals surface area contributed by atoms with Gasteiger partial charge >= 0.3 is 0 Å². The summed E-state index contributed by atoms with van der Waals surface area (Å²) in [5.74, 6) is 0. The van der Waals surface area contributed by atoms with Gasteiger partial charge in [-0.3, -0.25) is 4.79 Å². The Labute approximate surface area is 129 Å². The Kier molecular flexibility index (Phi) is 5.52. The molecule has 0 aromatic heterocycles. The molecule has 0 saturated heterocycles. The molecule has 116 valence electrons. The number of carbonyl (C=O) groups is 1. The van der Waals surface area contributed by atoms with Crippen molar-refractivity contribution in [3.8, 4) is 11.1 Å². The summed E-state index contributed by atoms with van der Waals surface area (Å²) in [5, 5.41) is 18.3. The molecule has 0 aliphatic rings. The topological polar surface area (TPSA) is 86.8 Å². The van der Waals surface area contributed by atoms with E-state index in [0.29, 0.717) is 24.3 Å². The van der Waals surface area contributed by atoms with E-state index in [0.717, 1.165) is 23.1 Å². The molecule has 0 atom stereocenters. The number of nitrogens with two attached hydrogens (primary N) is 1. The smallest absolute Gasteiger partial charge is 0.150 e. The highest BCUT2D eigenvalue weighted by Crippen LogP contribution is 2.32. The average Bonchev–Trinajstić information content (AvgIpc) is 2.55. The highest BCUT2D eigenvalue weighted by Gasteiger charge is 2.11. The summed E-state index contributed by atoms with van der Waals surface area (Å²) in [7, 11) is 0. The van der Waals surface area contributed by atoms with Gasteiger partial charge in [0.25, 0.3) is 0 Å². The van der Waals surface area contributed by atoms with Crippen LogP contribution in [0.2, 0.25) is 0 Å². The number of aliphatic hydroxyl groups is 2. The molecule has 2 rings (SSSR count). The van der Waals surface area contributed by atoms with Crippen molar-refractivity contribution in [2.75, 3.05) is 36.9 Å². The molecule has 4 N–H and O–H groups in total. The van der Waals surface area contributed by atoms with Crippen molar-refractivity contribution >= 4 is 17.7 Å². The molecule has 22 heavy (non-hydrogen) atoms. The SMILES string of the molecule is Nc1ccc(N(CCO)CCO)cc1-c1ccccc1C=O. The van der Waals surface area contributed by atoms with E-state index in [4.69, 9.17) is 15.9 Å². The number of aliphatic hydroxyl groups excluding tert-OH is 2. The normalized spacial score (nSPS) is 10.5. The Morgan fingerprint density at radius 2 is 1.68 bits per heavy atom. The first-order valence-corrected chi connectivity index (χ1v) is 7.12. The maximum absolute atomic E-state index is 11.2. The summed E-state index contributed by atoms with van der Waals surface area (Å²) >= 11 is 0. The lowest BCUT2D eigenvalue weighted by molar-refractivity contribution is 0.112. The molecule has 0 amide bonds. The largest absolute Gasteiger partial charge is 0.398 e. The molecule has 0 fully saturated rings. The molecule has 0 bridgehead atoms. The maximum Gasteiger partial charge on any atom is 0.150 e. The van der Waals surface area contributed by atoms with E-state index in [1.54, 1.807) is 18.2 Å². The van der Waals surface area contributed by atoms with Crippen LogP contribution in [0.1, 0.15) is 10.4 Å². The molecule has 0 heterocycles. The van der Waals surface area contributed by atoms with Gasteiger partial charge < -0.3 is 20.8 Å². The van der Waals surface area contributed by atoms with Gasteiger partial charge in [-0.15, -0.1) is 0 Å². The molecule has 5 nitrogen and oxygen atoms in total. The van der Waals surface area contributed by atoms with Crippen molar-refractivity contribution in [2.24, 2.45) is 0 Å². The van der Waals surface area contributed by atoms with Crippen LogP contribution >= 0.6 is 0 Å². The summed E-state index contributed by atoms with van der Waals surface area (Å²) in [6.07, 6.45) is 0.806. The third-order valence-electron chi connectivity index (χ3n) is 3.52. The number of rotatable bonds is 7. The van der Waals surface area contributed by atoms with Crippen LogP contribution in [0.4, 0.5) is 11.4 Å². The van der Waals surface area contributed by atoms with Crippen molar-refractivity contribution in [3.05, 3.63) is 48.0 Å². The van der Waals surface area contributed by atoms with Crippen molar-refractivity contribution in [3.63, 3.8) is 0 Å². The lowest BCUT2D eigenvalue weighted by Crippen LogP contribution is -2.29. The molecule has 5 heteroatoms. The van der Waals surface area contributed by atoms with Gasteiger partial charge in [-0.2, -0.15) is 0 Å². The molecular formula is C17H20N2O3. The van der Waals surface area contributed by atoms with Crippen LogP contribution in [0.15, 0.2) is 42.5 Å². The average molecular weight is 300 g/mol. The Balaban J connectivity index is 2.48. The minimum absolute atomic E-state index is 0.00929. The number of hydrogen-bond donors (Lipinski definition) is 3. The van der Waals surface area contributed by atoms with E-state index < -0.39 is 0 Å². The predicted molar refractivity (Wildman–Crippen MR) is 88.1 cm³/mol. The minimum Gasteiger partial charge on any atom is -0.398 e. The summed E-state index contributed by atoms with van der Waals surface area (Å²) in [6.45, 7) is 0.813. The van der Waals surface area contributed by atoms with E-state index in [9.17, 15) is 4.79 Å². The number of benzene rings is 2. The molecule has 0 unspecified atom stereocenters. The van der Waals surface area contributed by atoms with Crippen LogP contribution in [0.25, 0.3) is 11.1 Å². The van der Waals surface area contributed by atoms with Crippen LogP contribution < -0.4 is 10.6 Å². The van der Waals surface area contributed by atoms with Crippen LogP contribution in [0.5, 0.6) is 0 Å². The molecule has 0 aliphatic heterocycles. The first-order valence-electron chi connectivity index (χ1n) is 7.12. The zero-order chi connectivity index (χ0) is 15.9. The monoisotopic (exact) mass is 300 g/mol. The number of carbonyl (C=O) groups excluding carboxylic acids is 1. The van der Waals surface area contributed by atoms with Gasteiger partial charge in [0, 0.05) is 35.6 Å². The van der Waals surface area contributed by atoms with E-state index in [-0.39, 0.29) is 13.2 Å². The Morgan fingerprint density at radius 3 is 2.32 bits per heavy atom. The Morgan fingerprint density at radius 1 is 1.00 bits per heavy atom. The minimum atomic E-state index is -0.00929. The van der Waals surface area contributed by atoms with Gasteiger partial charge in [0.15, 0.2) is 6.29 Å². The molecule has 0 aliphatic carbocycles. The lowest BCUT2D eigenvalue weighted by Gasteiger charge is -2.24. The predicted octanol–water partition coefficient (Wildman–Crippen LogP) is 1.54. The van der Waals surface area contributed by atoms with Crippen molar-refractivity contribution in [2.45, 2.75) is 0 Å². The van der Waals surface area contributed by atoms with Crippen molar-refractivity contribution in [1.29, 1.82) is 0 Å². The number of anilines is 2. The van der Waals surface area contributed by atoms with Crippen molar-refractivity contribution in [1.82, 2.24) is 0 Å². The van der Waals surface area contributed by atoms with Gasteiger partial charge in [-0.1, -0.05) is 24.3 Å². The van der Waals surface area contributed by atoms with E-state index in [1.165, 1.54) is 0 Å². The highest BCUT2D eigenvalue weighted by molar-refractivity contribution is 5.92. The maximum atomic E-state index is 11.2. The lowest BCUT2D eigenvalue weighted by atomic mass is 9.98. The van der Waals surface area contributed by atoms with Gasteiger partial charge in [0.1, 0.15) is 0 Å². The molecule has 0 spiro atoms. The summed E-state index contributed by atoms with van der Waals surface area (Å²) < 4.78 is 0. The third-order valence-corrected chi connectivity index (χ3v) is 3.52. The third kappa shape index (κ3) is 3.44. The van der Waals surface area contributed by atoms with Gasteiger partial charge in [-0.05, 0) is 23.8 Å². The van der Waals surface area contributed by atoms with Gasteiger partial charge in [0.05, 0.1) is 13.2 Å². The van der Waals surface area contributed by atoms with Gasteiger partial charge in [-0.25, -0.2) is 0 Å². The number of nitrogen functional groups attached to an aromatic ring is 1. The second-order valence-electron chi connectivity index (χ2n) is 4.91. The van der Waals surface area contributed by atoms with Crippen LogP contribution in [-0.4, -0.2) is 42.8 Å². The van der Waals surface area contributed by atoms with Crippen LogP contribution in [0, 0.1) is 0 Å². The zero-order valence-electron chi connectivity index (χ0n) is 12.3. The number of hydrogen-bond acceptors (Lipinski definition) is 5. The van der Waals surface area contributed by atoms with E-state index >= 15 is 0 Å². The summed E-state index contributed by atoms with van der Waals surface area (Å²) in [4.78, 5) is 13.1. The number of nitrogens with zero attached hydrogens (tertiary/aromatic N) is 1. The van der Waals surface area contributed by atoms with Crippen LogP contribution in [0.3, 0.4) is 0 Å². The second-order valence-corrected chi connectivity index (χ2v) is 4.91. The molecular weight excluding hydrogens is 280 g/mol. The molecule has 0 radical (unpaired) electrons. The highest BCUT2D eigenvalue weighted by atomic mass is 16.3. The molecule has 2 aromatic carbocycles. The second kappa shape index (κ2) is 7.59. The van der Waals surface area contributed by atoms with E-state index in [1.807, 2.05) is 29.2 Å². The molecule has 0 saturated carbocycles. The first kappa shape index (κ1) is 16.0. The zero-order valence-corrected chi connectivity index (χ0v) is 12.3. The van der Waals surface area contributed by atoms with Crippen LogP contribution in [-0.2, 0) is 0 Å². The first-order chi connectivity index (χ1) is 10.7. The number of aldehydes is 1. The fraction of sp³-hybridized carbons (Fsp3) is 0.235. The molecule has 2 aromatic rings.